The quantitative estimate of drug-likeness (QED) is 0.633. The van der Waals surface area contributed by atoms with Crippen LogP contribution in [0.2, 0.25) is 0 Å². The average molecular weight is 419 g/mol. The third-order valence-corrected chi connectivity index (χ3v) is 6.14. The summed E-state index contributed by atoms with van der Waals surface area (Å²) >= 11 is 1.59. The molecule has 0 aliphatic carbocycles. The molecule has 2 heterocycles. The Balaban J connectivity index is 1.19. The molecule has 6 heteroatoms. The summed E-state index contributed by atoms with van der Waals surface area (Å²) < 4.78 is 0. The van der Waals surface area contributed by atoms with Crippen LogP contribution in [0.15, 0.2) is 88.9 Å². The highest BCUT2D eigenvalue weighted by Gasteiger charge is 2.17. The molecule has 0 bridgehead atoms. The standard InChI is InChI=1S/C24H26N4OS/c29-24(20-9-11-22(12-10-20)30-23-8-4-5-13-25-23)26-14-15-27-16-18-28(19-17-27)21-6-2-1-3-7-21/h1-13H,14-19H2,(H,26,29). The number of para-hydroxylation sites is 1. The fraction of sp³-hybridized carbons (Fsp3) is 0.250. The van der Waals surface area contributed by atoms with Gasteiger partial charge in [0.2, 0.25) is 0 Å². The second kappa shape index (κ2) is 10.3. The number of carbonyl (C=O) groups is 1. The van der Waals surface area contributed by atoms with Gasteiger partial charge in [0, 0.05) is 61.6 Å². The summed E-state index contributed by atoms with van der Waals surface area (Å²) in [7, 11) is 0. The van der Waals surface area contributed by atoms with Crippen LogP contribution in [0.25, 0.3) is 0 Å². The molecule has 1 saturated heterocycles. The highest BCUT2D eigenvalue weighted by molar-refractivity contribution is 7.99. The Hall–Kier alpha value is -2.83. The summed E-state index contributed by atoms with van der Waals surface area (Å²) in [4.78, 5) is 22.6. The third kappa shape index (κ3) is 5.62. The highest BCUT2D eigenvalue weighted by Crippen LogP contribution is 2.25. The van der Waals surface area contributed by atoms with Crippen molar-refractivity contribution in [2.75, 3.05) is 44.2 Å². The molecule has 0 radical (unpaired) electrons. The van der Waals surface area contributed by atoms with Crippen molar-refractivity contribution in [1.82, 2.24) is 15.2 Å². The lowest BCUT2D eigenvalue weighted by Crippen LogP contribution is -2.48. The zero-order valence-corrected chi connectivity index (χ0v) is 17.7. The molecule has 1 aliphatic heterocycles. The van der Waals surface area contributed by atoms with Gasteiger partial charge >= 0.3 is 0 Å². The van der Waals surface area contributed by atoms with Gasteiger partial charge in [0.1, 0.15) is 5.03 Å². The van der Waals surface area contributed by atoms with E-state index in [2.05, 4.69) is 50.4 Å². The van der Waals surface area contributed by atoms with Gasteiger partial charge in [-0.2, -0.15) is 0 Å². The molecule has 5 nitrogen and oxygen atoms in total. The summed E-state index contributed by atoms with van der Waals surface area (Å²) in [5.74, 6) is -0.0210. The first-order valence-electron chi connectivity index (χ1n) is 10.3. The van der Waals surface area contributed by atoms with E-state index in [1.54, 1.807) is 18.0 Å². The number of nitrogens with zero attached hydrogens (tertiary/aromatic N) is 3. The van der Waals surface area contributed by atoms with Gasteiger partial charge in [-0.1, -0.05) is 36.0 Å². The number of nitrogens with one attached hydrogen (secondary N) is 1. The number of carbonyl (C=O) groups excluding carboxylic acids is 1. The van der Waals surface area contributed by atoms with Crippen molar-refractivity contribution in [2.45, 2.75) is 9.92 Å². The molecular weight excluding hydrogens is 392 g/mol. The first-order valence-corrected chi connectivity index (χ1v) is 11.1. The van der Waals surface area contributed by atoms with Crippen LogP contribution in [0.5, 0.6) is 0 Å². The summed E-state index contributed by atoms with van der Waals surface area (Å²) in [6, 6.07) is 24.1. The van der Waals surface area contributed by atoms with E-state index in [1.165, 1.54) is 5.69 Å². The molecule has 2 aromatic carbocycles. The molecule has 1 aromatic heterocycles. The summed E-state index contributed by atoms with van der Waals surface area (Å²) in [6.07, 6.45) is 1.78. The normalized spacial score (nSPS) is 14.5. The van der Waals surface area contributed by atoms with Crippen LogP contribution in [0.3, 0.4) is 0 Å². The Morgan fingerprint density at radius 1 is 0.900 bits per heavy atom. The molecule has 3 aromatic rings. The zero-order valence-electron chi connectivity index (χ0n) is 16.9. The highest BCUT2D eigenvalue weighted by atomic mass is 32.2. The Bertz CT molecular complexity index is 926. The molecular formula is C24H26N4OS. The number of piperazine rings is 1. The van der Waals surface area contributed by atoms with Crippen molar-refractivity contribution >= 4 is 23.4 Å². The minimum absolute atomic E-state index is 0.0210. The Morgan fingerprint density at radius 3 is 2.33 bits per heavy atom. The molecule has 4 rings (SSSR count). The van der Waals surface area contributed by atoms with Gasteiger partial charge in [0.25, 0.3) is 5.91 Å². The first-order chi connectivity index (χ1) is 14.8. The molecule has 0 atom stereocenters. The van der Waals surface area contributed by atoms with Crippen LogP contribution in [0, 0.1) is 0 Å². The van der Waals surface area contributed by atoms with Gasteiger partial charge in [0.15, 0.2) is 0 Å². The number of aromatic nitrogens is 1. The predicted molar refractivity (Wildman–Crippen MR) is 122 cm³/mol. The molecule has 1 amide bonds. The van der Waals surface area contributed by atoms with E-state index in [0.29, 0.717) is 12.1 Å². The molecule has 0 saturated carbocycles. The van der Waals surface area contributed by atoms with Crippen molar-refractivity contribution in [3.8, 4) is 0 Å². The van der Waals surface area contributed by atoms with E-state index >= 15 is 0 Å². The fourth-order valence-electron chi connectivity index (χ4n) is 3.50. The topological polar surface area (TPSA) is 48.5 Å². The van der Waals surface area contributed by atoms with Gasteiger partial charge in [-0.25, -0.2) is 4.98 Å². The van der Waals surface area contributed by atoms with E-state index in [1.807, 2.05) is 42.5 Å². The van der Waals surface area contributed by atoms with Crippen LogP contribution in [0.4, 0.5) is 5.69 Å². The summed E-state index contributed by atoms with van der Waals surface area (Å²) in [5.41, 5.74) is 1.98. The molecule has 1 N–H and O–H groups in total. The third-order valence-electron chi connectivity index (χ3n) is 5.18. The minimum Gasteiger partial charge on any atom is -0.369 e. The van der Waals surface area contributed by atoms with Crippen LogP contribution in [-0.4, -0.2) is 55.1 Å². The van der Waals surface area contributed by atoms with E-state index in [-0.39, 0.29) is 5.91 Å². The van der Waals surface area contributed by atoms with E-state index in [4.69, 9.17) is 0 Å². The fourth-order valence-corrected chi connectivity index (χ4v) is 4.27. The number of benzene rings is 2. The average Bonchev–Trinajstić information content (AvgIpc) is 2.81. The second-order valence-corrected chi connectivity index (χ2v) is 8.31. The lowest BCUT2D eigenvalue weighted by Gasteiger charge is -2.36. The van der Waals surface area contributed by atoms with Gasteiger partial charge < -0.3 is 10.2 Å². The van der Waals surface area contributed by atoms with Crippen molar-refractivity contribution in [2.24, 2.45) is 0 Å². The molecule has 154 valence electrons. The van der Waals surface area contributed by atoms with Crippen molar-refractivity contribution < 1.29 is 4.79 Å². The Kier molecular flexibility index (Phi) is 7.00. The monoisotopic (exact) mass is 418 g/mol. The lowest BCUT2D eigenvalue weighted by molar-refractivity contribution is 0.0947. The predicted octanol–water partition coefficient (Wildman–Crippen LogP) is 3.78. The SMILES string of the molecule is O=C(NCCN1CCN(c2ccccc2)CC1)c1ccc(Sc2ccccn2)cc1. The van der Waals surface area contributed by atoms with Gasteiger partial charge in [-0.15, -0.1) is 0 Å². The molecule has 0 unspecified atom stereocenters. The van der Waals surface area contributed by atoms with Crippen LogP contribution in [0.1, 0.15) is 10.4 Å². The van der Waals surface area contributed by atoms with Gasteiger partial charge in [0.05, 0.1) is 0 Å². The van der Waals surface area contributed by atoms with E-state index < -0.39 is 0 Å². The molecule has 1 aliphatic rings. The number of anilines is 1. The van der Waals surface area contributed by atoms with E-state index in [9.17, 15) is 4.79 Å². The summed E-state index contributed by atoms with van der Waals surface area (Å²) in [5, 5.41) is 3.99. The molecule has 30 heavy (non-hydrogen) atoms. The largest absolute Gasteiger partial charge is 0.369 e. The second-order valence-electron chi connectivity index (χ2n) is 7.21. The number of pyridine rings is 1. The maximum Gasteiger partial charge on any atom is 0.251 e. The van der Waals surface area contributed by atoms with Gasteiger partial charge in [-0.05, 0) is 48.5 Å². The smallest absolute Gasteiger partial charge is 0.251 e. The van der Waals surface area contributed by atoms with E-state index in [0.717, 1.165) is 42.6 Å². The van der Waals surface area contributed by atoms with Crippen LogP contribution < -0.4 is 10.2 Å². The van der Waals surface area contributed by atoms with Crippen molar-refractivity contribution in [1.29, 1.82) is 0 Å². The van der Waals surface area contributed by atoms with Gasteiger partial charge in [-0.3, -0.25) is 9.69 Å². The first kappa shape index (κ1) is 20.4. The number of hydrogen-bond acceptors (Lipinski definition) is 5. The van der Waals surface area contributed by atoms with Crippen LogP contribution >= 0.6 is 11.8 Å². The number of hydrogen-bond donors (Lipinski definition) is 1. The van der Waals surface area contributed by atoms with Crippen molar-refractivity contribution in [3.05, 3.63) is 84.6 Å². The maximum atomic E-state index is 12.4. The minimum atomic E-state index is -0.0210. The number of rotatable bonds is 7. The Labute approximate surface area is 182 Å². The van der Waals surface area contributed by atoms with Crippen molar-refractivity contribution in [3.63, 3.8) is 0 Å². The maximum absolute atomic E-state index is 12.4. The lowest BCUT2D eigenvalue weighted by atomic mass is 10.2. The molecule has 1 fully saturated rings. The summed E-state index contributed by atoms with van der Waals surface area (Å²) in [6.45, 7) is 5.62. The zero-order chi connectivity index (χ0) is 20.6. The number of amides is 1. The molecule has 0 spiro atoms. The Morgan fingerprint density at radius 2 is 1.63 bits per heavy atom. The van der Waals surface area contributed by atoms with Crippen LogP contribution in [-0.2, 0) is 0 Å².